The van der Waals surface area contributed by atoms with Crippen molar-refractivity contribution in [2.75, 3.05) is 5.01 Å². The highest BCUT2D eigenvalue weighted by Crippen LogP contribution is 2.45. The maximum Gasteiger partial charge on any atom is 0.123 e. The van der Waals surface area contributed by atoms with Gasteiger partial charge in [0.05, 0.1) is 29.1 Å². The molecule has 0 saturated carbocycles. The third kappa shape index (κ3) is 2.94. The van der Waals surface area contributed by atoms with E-state index in [1.807, 2.05) is 41.4 Å². The van der Waals surface area contributed by atoms with Crippen LogP contribution in [0.25, 0.3) is 0 Å². The van der Waals surface area contributed by atoms with E-state index in [-0.39, 0.29) is 23.5 Å². The molecule has 29 heavy (non-hydrogen) atoms. The number of aromatic hydroxyl groups is 1. The van der Waals surface area contributed by atoms with Crippen LogP contribution in [0.3, 0.4) is 0 Å². The second-order valence-corrected chi connectivity index (χ2v) is 7.47. The fraction of sp³-hybridized carbons (Fsp3) is 0.167. The third-order valence-electron chi connectivity index (χ3n) is 5.77. The van der Waals surface area contributed by atoms with Gasteiger partial charge in [0, 0.05) is 11.5 Å². The first-order valence-electron chi connectivity index (χ1n) is 9.59. The van der Waals surface area contributed by atoms with E-state index < -0.39 is 0 Å². The maximum absolute atomic E-state index is 13.5. The van der Waals surface area contributed by atoms with Crippen molar-refractivity contribution in [1.29, 1.82) is 5.26 Å². The standard InChI is InChI=1S/C24H18FN3O/c25-18-6-3-16(4-7-18)24-22-11-5-17-13-20(29)10-12-21(17)23(22)27-28(24)19-8-1-15(14-26)2-9-19/h1-4,6-10,12-13,22,24,29H,5,11H2/t22-,24-/m0/s1. The number of hydrogen-bond acceptors (Lipinski definition) is 4. The van der Waals surface area contributed by atoms with Gasteiger partial charge < -0.3 is 5.11 Å². The van der Waals surface area contributed by atoms with E-state index in [1.54, 1.807) is 18.2 Å². The number of rotatable bonds is 2. The molecule has 3 aromatic rings. The first-order valence-corrected chi connectivity index (χ1v) is 9.59. The lowest BCUT2D eigenvalue weighted by molar-refractivity contribution is 0.472. The van der Waals surface area contributed by atoms with Crippen LogP contribution in [0.2, 0.25) is 0 Å². The van der Waals surface area contributed by atoms with Gasteiger partial charge in [-0.05, 0) is 78.6 Å². The minimum absolute atomic E-state index is 0.0551. The summed E-state index contributed by atoms with van der Waals surface area (Å²) in [6.45, 7) is 0. The van der Waals surface area contributed by atoms with Crippen LogP contribution in [0.4, 0.5) is 10.1 Å². The minimum atomic E-state index is -0.262. The third-order valence-corrected chi connectivity index (χ3v) is 5.77. The van der Waals surface area contributed by atoms with Gasteiger partial charge in [-0.1, -0.05) is 12.1 Å². The van der Waals surface area contributed by atoms with Crippen LogP contribution < -0.4 is 5.01 Å². The van der Waals surface area contributed by atoms with Crippen molar-refractivity contribution < 1.29 is 9.50 Å². The quantitative estimate of drug-likeness (QED) is 0.682. The Labute approximate surface area is 168 Å². The molecule has 1 aliphatic carbocycles. The number of phenols is 1. The molecule has 0 amide bonds. The zero-order valence-corrected chi connectivity index (χ0v) is 15.6. The fourth-order valence-electron chi connectivity index (χ4n) is 4.41. The van der Waals surface area contributed by atoms with Crippen LogP contribution in [0.5, 0.6) is 5.75 Å². The molecule has 1 N–H and O–H groups in total. The van der Waals surface area contributed by atoms with E-state index in [9.17, 15) is 9.50 Å². The van der Waals surface area contributed by atoms with Crippen molar-refractivity contribution in [1.82, 2.24) is 0 Å². The number of anilines is 1. The van der Waals surface area contributed by atoms with Crippen LogP contribution in [0.1, 0.15) is 34.7 Å². The molecule has 4 nitrogen and oxygen atoms in total. The Morgan fingerprint density at radius 3 is 2.52 bits per heavy atom. The number of hydrazone groups is 1. The Kier molecular flexibility index (Phi) is 4.06. The van der Waals surface area contributed by atoms with Crippen LogP contribution in [-0.2, 0) is 6.42 Å². The molecule has 0 fully saturated rings. The average Bonchev–Trinajstić information content (AvgIpc) is 3.14. The van der Waals surface area contributed by atoms with Gasteiger partial charge in [0.1, 0.15) is 11.6 Å². The lowest BCUT2D eigenvalue weighted by Gasteiger charge is -2.30. The highest BCUT2D eigenvalue weighted by molar-refractivity contribution is 6.07. The summed E-state index contributed by atoms with van der Waals surface area (Å²) in [5.74, 6) is 0.162. The summed E-state index contributed by atoms with van der Waals surface area (Å²) in [6.07, 6.45) is 1.75. The molecule has 3 aromatic carbocycles. The van der Waals surface area contributed by atoms with E-state index in [1.165, 1.54) is 12.1 Å². The zero-order valence-electron chi connectivity index (χ0n) is 15.6. The van der Waals surface area contributed by atoms with Gasteiger partial charge in [0.15, 0.2) is 0 Å². The first-order chi connectivity index (χ1) is 14.1. The van der Waals surface area contributed by atoms with Crippen LogP contribution >= 0.6 is 0 Å². The molecule has 0 bridgehead atoms. The SMILES string of the molecule is N#Cc1ccc(N2N=C3c4ccc(O)cc4CC[C@@H]3[C@@H]2c2ccc(F)cc2)cc1. The summed E-state index contributed by atoms with van der Waals surface area (Å²) in [6, 6.07) is 21.5. The number of aryl methyl sites for hydroxylation is 1. The Bertz CT molecular complexity index is 1150. The van der Waals surface area contributed by atoms with E-state index in [2.05, 4.69) is 6.07 Å². The number of benzene rings is 3. The molecule has 1 heterocycles. The number of halogens is 1. The summed E-state index contributed by atoms with van der Waals surface area (Å²) in [7, 11) is 0. The predicted molar refractivity (Wildman–Crippen MR) is 109 cm³/mol. The molecule has 0 radical (unpaired) electrons. The Hall–Kier alpha value is -3.65. The summed E-state index contributed by atoms with van der Waals surface area (Å²) in [4.78, 5) is 0. The number of hydrogen-bond donors (Lipinski definition) is 1. The topological polar surface area (TPSA) is 59.6 Å². The molecule has 2 aliphatic rings. The average molecular weight is 383 g/mol. The predicted octanol–water partition coefficient (Wildman–Crippen LogP) is 4.93. The van der Waals surface area contributed by atoms with Crippen molar-refractivity contribution >= 4 is 11.4 Å². The molecule has 1 aliphatic heterocycles. The highest BCUT2D eigenvalue weighted by atomic mass is 19.1. The lowest BCUT2D eigenvalue weighted by atomic mass is 9.77. The summed E-state index contributed by atoms with van der Waals surface area (Å²) >= 11 is 0. The lowest BCUT2D eigenvalue weighted by Crippen LogP contribution is -2.28. The molecular weight excluding hydrogens is 365 g/mol. The zero-order chi connectivity index (χ0) is 20.0. The number of nitrogens with zero attached hydrogens (tertiary/aromatic N) is 3. The molecule has 0 spiro atoms. The molecule has 5 rings (SSSR count). The molecule has 0 aromatic heterocycles. The van der Waals surface area contributed by atoms with Crippen LogP contribution in [0, 0.1) is 23.1 Å². The van der Waals surface area contributed by atoms with E-state index in [0.29, 0.717) is 5.56 Å². The molecule has 0 saturated heterocycles. The molecule has 142 valence electrons. The van der Waals surface area contributed by atoms with Gasteiger partial charge >= 0.3 is 0 Å². The molecule has 0 unspecified atom stereocenters. The largest absolute Gasteiger partial charge is 0.508 e. The second kappa shape index (κ2) is 6.75. The maximum atomic E-state index is 13.5. The summed E-state index contributed by atoms with van der Waals surface area (Å²) in [5.41, 5.74) is 5.63. The number of nitriles is 1. The van der Waals surface area contributed by atoms with Gasteiger partial charge in [0.2, 0.25) is 0 Å². The van der Waals surface area contributed by atoms with Crippen molar-refractivity contribution in [2.45, 2.75) is 18.9 Å². The number of phenolic OH excluding ortho intramolecular Hbond substituents is 1. The minimum Gasteiger partial charge on any atom is -0.508 e. The smallest absolute Gasteiger partial charge is 0.123 e. The van der Waals surface area contributed by atoms with Crippen molar-refractivity contribution in [3.63, 3.8) is 0 Å². The second-order valence-electron chi connectivity index (χ2n) is 7.47. The number of fused-ring (bicyclic) bond motifs is 3. The van der Waals surface area contributed by atoms with Gasteiger partial charge in [-0.3, -0.25) is 5.01 Å². The summed E-state index contributed by atoms with van der Waals surface area (Å²) < 4.78 is 13.5. The van der Waals surface area contributed by atoms with Crippen molar-refractivity contribution in [3.05, 3.63) is 94.8 Å². The Morgan fingerprint density at radius 1 is 1.03 bits per heavy atom. The van der Waals surface area contributed by atoms with E-state index in [0.717, 1.165) is 40.9 Å². The van der Waals surface area contributed by atoms with Gasteiger partial charge in [-0.15, -0.1) is 0 Å². The first kappa shape index (κ1) is 17.4. The Morgan fingerprint density at radius 2 is 1.79 bits per heavy atom. The van der Waals surface area contributed by atoms with Gasteiger partial charge in [0.25, 0.3) is 0 Å². The van der Waals surface area contributed by atoms with Crippen molar-refractivity contribution in [3.8, 4) is 11.8 Å². The summed E-state index contributed by atoms with van der Waals surface area (Å²) in [5, 5.41) is 25.9. The van der Waals surface area contributed by atoms with Crippen LogP contribution in [0.15, 0.2) is 71.8 Å². The highest BCUT2D eigenvalue weighted by Gasteiger charge is 2.42. The molecule has 5 heteroatoms. The molecular formula is C24H18FN3O. The van der Waals surface area contributed by atoms with E-state index in [4.69, 9.17) is 10.4 Å². The van der Waals surface area contributed by atoms with Gasteiger partial charge in [-0.25, -0.2) is 4.39 Å². The van der Waals surface area contributed by atoms with Crippen molar-refractivity contribution in [2.24, 2.45) is 11.0 Å². The fourth-order valence-corrected chi connectivity index (χ4v) is 4.41. The normalized spacial score (nSPS) is 19.9. The van der Waals surface area contributed by atoms with Gasteiger partial charge in [-0.2, -0.15) is 10.4 Å². The van der Waals surface area contributed by atoms with E-state index >= 15 is 0 Å². The molecule has 2 atom stereocenters. The Balaban J connectivity index is 1.63. The monoisotopic (exact) mass is 383 g/mol. The van der Waals surface area contributed by atoms with Crippen LogP contribution in [-0.4, -0.2) is 10.8 Å².